The molecule has 1 aliphatic rings. The van der Waals surface area contributed by atoms with E-state index in [0.29, 0.717) is 30.2 Å². The molecular formula is C21H28N2O5S. The molecule has 0 radical (unpaired) electrons. The number of hydrogen-bond donors (Lipinski definition) is 0. The molecule has 0 saturated heterocycles. The first-order valence-corrected chi connectivity index (χ1v) is 11.4. The van der Waals surface area contributed by atoms with Gasteiger partial charge in [-0.2, -0.15) is 4.31 Å². The van der Waals surface area contributed by atoms with Crippen molar-refractivity contribution in [2.24, 2.45) is 0 Å². The SMILES string of the molecule is CCN(C1CC(C)(C)Oc2ccc(OCc3cc(OC)ccn3)cc21)S(C)(=O)=O. The Labute approximate surface area is 172 Å². The summed E-state index contributed by atoms with van der Waals surface area (Å²) in [6.45, 7) is 6.45. The zero-order valence-electron chi connectivity index (χ0n) is 17.5. The lowest BCUT2D eigenvalue weighted by Gasteiger charge is -2.41. The Morgan fingerprint density at radius 3 is 2.66 bits per heavy atom. The summed E-state index contributed by atoms with van der Waals surface area (Å²) in [5.74, 6) is 2.03. The second-order valence-electron chi connectivity index (χ2n) is 7.72. The van der Waals surface area contributed by atoms with Gasteiger partial charge in [-0.15, -0.1) is 0 Å². The van der Waals surface area contributed by atoms with E-state index in [4.69, 9.17) is 14.2 Å². The highest BCUT2D eigenvalue weighted by atomic mass is 32.2. The zero-order chi connectivity index (χ0) is 21.2. The summed E-state index contributed by atoms with van der Waals surface area (Å²) in [4.78, 5) is 4.28. The lowest BCUT2D eigenvalue weighted by Crippen LogP contribution is -2.43. The molecule has 0 N–H and O–H groups in total. The Morgan fingerprint density at radius 2 is 2.00 bits per heavy atom. The van der Waals surface area contributed by atoms with Gasteiger partial charge in [0, 0.05) is 30.8 Å². The molecule has 0 saturated carbocycles. The van der Waals surface area contributed by atoms with Gasteiger partial charge < -0.3 is 14.2 Å². The van der Waals surface area contributed by atoms with Gasteiger partial charge in [0.1, 0.15) is 29.5 Å². The van der Waals surface area contributed by atoms with Gasteiger partial charge in [-0.1, -0.05) is 6.92 Å². The number of methoxy groups -OCH3 is 1. The third kappa shape index (κ3) is 5.00. The molecule has 1 aliphatic heterocycles. The van der Waals surface area contributed by atoms with Crippen molar-refractivity contribution in [2.45, 2.75) is 45.4 Å². The average Bonchev–Trinajstić information content (AvgIpc) is 2.65. The number of nitrogens with zero attached hydrogens (tertiary/aromatic N) is 2. The van der Waals surface area contributed by atoms with Crippen molar-refractivity contribution in [1.29, 1.82) is 0 Å². The van der Waals surface area contributed by atoms with Crippen molar-refractivity contribution >= 4 is 10.0 Å². The molecular weight excluding hydrogens is 392 g/mol. The molecule has 0 spiro atoms. The quantitative estimate of drug-likeness (QED) is 0.682. The second-order valence-corrected chi connectivity index (χ2v) is 9.66. The van der Waals surface area contributed by atoms with E-state index < -0.39 is 15.6 Å². The molecule has 1 atom stereocenters. The van der Waals surface area contributed by atoms with Crippen molar-refractivity contribution in [1.82, 2.24) is 9.29 Å². The third-order valence-electron chi connectivity index (χ3n) is 4.91. The van der Waals surface area contributed by atoms with Gasteiger partial charge in [-0.25, -0.2) is 8.42 Å². The normalized spacial score (nSPS) is 18.1. The van der Waals surface area contributed by atoms with E-state index >= 15 is 0 Å². The number of sulfonamides is 1. The Kier molecular flexibility index (Phi) is 6.05. The van der Waals surface area contributed by atoms with Gasteiger partial charge in [0.25, 0.3) is 0 Å². The molecule has 0 fully saturated rings. The number of benzene rings is 1. The van der Waals surface area contributed by atoms with E-state index in [2.05, 4.69) is 4.98 Å². The van der Waals surface area contributed by atoms with Crippen molar-refractivity contribution in [3.05, 3.63) is 47.8 Å². The summed E-state index contributed by atoms with van der Waals surface area (Å²) >= 11 is 0. The van der Waals surface area contributed by atoms with E-state index in [0.717, 1.165) is 11.3 Å². The molecule has 1 aromatic carbocycles. The Hall–Kier alpha value is -2.32. The topological polar surface area (TPSA) is 78.0 Å². The minimum atomic E-state index is -3.37. The predicted molar refractivity (Wildman–Crippen MR) is 111 cm³/mol. The number of aromatic nitrogens is 1. The van der Waals surface area contributed by atoms with E-state index in [1.807, 2.05) is 45.0 Å². The largest absolute Gasteiger partial charge is 0.497 e. The smallest absolute Gasteiger partial charge is 0.211 e. The molecule has 1 unspecified atom stereocenters. The monoisotopic (exact) mass is 420 g/mol. The average molecular weight is 421 g/mol. The molecule has 158 valence electrons. The molecule has 29 heavy (non-hydrogen) atoms. The summed E-state index contributed by atoms with van der Waals surface area (Å²) in [5.41, 5.74) is 1.08. The van der Waals surface area contributed by atoms with Crippen LogP contribution in [0.5, 0.6) is 17.2 Å². The van der Waals surface area contributed by atoms with Crippen molar-refractivity contribution in [3.8, 4) is 17.2 Å². The highest BCUT2D eigenvalue weighted by molar-refractivity contribution is 7.88. The second kappa shape index (κ2) is 8.20. The molecule has 8 heteroatoms. The fourth-order valence-electron chi connectivity index (χ4n) is 3.65. The van der Waals surface area contributed by atoms with Crippen LogP contribution in [0.3, 0.4) is 0 Å². The van der Waals surface area contributed by atoms with Crippen LogP contribution in [0.15, 0.2) is 36.5 Å². The first-order chi connectivity index (χ1) is 13.6. The summed E-state index contributed by atoms with van der Waals surface area (Å²) < 4.78 is 43.5. The third-order valence-corrected chi connectivity index (χ3v) is 6.27. The molecule has 7 nitrogen and oxygen atoms in total. The van der Waals surface area contributed by atoms with Gasteiger partial charge in [-0.05, 0) is 38.1 Å². The maximum atomic E-state index is 12.4. The minimum absolute atomic E-state index is 0.274. The van der Waals surface area contributed by atoms with E-state index in [-0.39, 0.29) is 12.6 Å². The van der Waals surface area contributed by atoms with Crippen molar-refractivity contribution < 1.29 is 22.6 Å². The van der Waals surface area contributed by atoms with Gasteiger partial charge in [0.05, 0.1) is 25.1 Å². The molecule has 1 aromatic heterocycles. The van der Waals surface area contributed by atoms with Crippen LogP contribution in [0.4, 0.5) is 0 Å². The Morgan fingerprint density at radius 1 is 1.24 bits per heavy atom. The number of hydrogen-bond acceptors (Lipinski definition) is 6. The molecule has 3 rings (SSSR count). The number of pyridine rings is 1. The molecule has 0 aliphatic carbocycles. The molecule has 2 aromatic rings. The van der Waals surface area contributed by atoms with E-state index in [9.17, 15) is 8.42 Å². The maximum absolute atomic E-state index is 12.4. The van der Waals surface area contributed by atoms with Crippen LogP contribution < -0.4 is 14.2 Å². The molecule has 2 heterocycles. The number of fused-ring (bicyclic) bond motifs is 1. The van der Waals surface area contributed by atoms with Crippen molar-refractivity contribution in [3.63, 3.8) is 0 Å². The van der Waals surface area contributed by atoms with Gasteiger partial charge in [0.15, 0.2) is 0 Å². The van der Waals surface area contributed by atoms with Crippen LogP contribution in [0, 0.1) is 0 Å². The summed E-state index contributed by atoms with van der Waals surface area (Å²) in [7, 11) is -1.77. The van der Waals surface area contributed by atoms with Crippen LogP contribution in [0.2, 0.25) is 0 Å². The minimum Gasteiger partial charge on any atom is -0.497 e. The first kappa shape index (κ1) is 21.4. The Balaban J connectivity index is 1.89. The first-order valence-electron chi connectivity index (χ1n) is 9.54. The van der Waals surface area contributed by atoms with Crippen LogP contribution in [0.25, 0.3) is 0 Å². The van der Waals surface area contributed by atoms with Crippen LogP contribution in [-0.4, -0.2) is 43.2 Å². The maximum Gasteiger partial charge on any atom is 0.211 e. The van der Waals surface area contributed by atoms with Gasteiger partial charge in [-0.3, -0.25) is 4.98 Å². The fourth-order valence-corrected chi connectivity index (χ4v) is 4.77. The van der Waals surface area contributed by atoms with Gasteiger partial charge >= 0.3 is 0 Å². The standard InChI is InChI=1S/C21H28N2O5S/c1-6-23(29(5,24)25)19-13-21(2,3)28-20-8-7-17(12-18(19)20)27-14-15-11-16(26-4)9-10-22-15/h7-12,19H,6,13-14H2,1-5H3. The van der Waals surface area contributed by atoms with E-state index in [1.165, 1.54) is 10.6 Å². The van der Waals surface area contributed by atoms with Crippen LogP contribution >= 0.6 is 0 Å². The summed E-state index contributed by atoms with van der Waals surface area (Å²) in [6, 6.07) is 8.81. The molecule has 0 amide bonds. The van der Waals surface area contributed by atoms with E-state index in [1.54, 1.807) is 19.4 Å². The predicted octanol–water partition coefficient (Wildman–Crippen LogP) is 3.55. The number of rotatable bonds is 7. The Bertz CT molecular complexity index is 975. The fraction of sp³-hybridized carbons (Fsp3) is 0.476. The van der Waals surface area contributed by atoms with Crippen LogP contribution in [0.1, 0.15) is 44.5 Å². The lowest BCUT2D eigenvalue weighted by molar-refractivity contribution is 0.0510. The summed E-state index contributed by atoms with van der Waals surface area (Å²) in [5, 5.41) is 0. The van der Waals surface area contributed by atoms with Crippen molar-refractivity contribution in [2.75, 3.05) is 19.9 Å². The highest BCUT2D eigenvalue weighted by Gasteiger charge is 2.39. The highest BCUT2D eigenvalue weighted by Crippen LogP contribution is 2.44. The number of ether oxygens (including phenoxy) is 3. The van der Waals surface area contributed by atoms with Gasteiger partial charge in [0.2, 0.25) is 10.0 Å². The van der Waals surface area contributed by atoms with Crippen LogP contribution in [-0.2, 0) is 16.6 Å². The zero-order valence-corrected chi connectivity index (χ0v) is 18.3. The summed E-state index contributed by atoms with van der Waals surface area (Å²) in [6.07, 6.45) is 3.47. The lowest BCUT2D eigenvalue weighted by atomic mass is 9.89. The molecule has 0 bridgehead atoms.